The second-order valence-corrected chi connectivity index (χ2v) is 3.40. The smallest absolute Gasteiger partial charge is 0.329 e. The minimum Gasteiger partial charge on any atom is -0.480 e. The van der Waals surface area contributed by atoms with E-state index in [1.165, 1.54) is 12.1 Å². The summed E-state index contributed by atoms with van der Waals surface area (Å²) in [6.45, 7) is 0.0952. The lowest BCUT2D eigenvalue weighted by Gasteiger charge is -2.15. The first kappa shape index (κ1) is 12.9. The van der Waals surface area contributed by atoms with E-state index < -0.39 is 12.0 Å². The molecule has 3 N–H and O–H groups in total. The summed E-state index contributed by atoms with van der Waals surface area (Å²) in [4.78, 5) is 25.5. The number of nitrogens with one attached hydrogen (secondary N) is 2. The van der Waals surface area contributed by atoms with Crippen LogP contribution in [0.25, 0.3) is 0 Å². The average molecular weight is 238 g/mol. The Kier molecular flexibility index (Phi) is 4.89. The number of carbonyl (C=O) groups is 2. The largest absolute Gasteiger partial charge is 0.480 e. The van der Waals surface area contributed by atoms with Gasteiger partial charge in [0, 0.05) is 26.0 Å². The molecule has 17 heavy (non-hydrogen) atoms. The minimum atomic E-state index is -1.01. The SMILES string of the molecule is CN(CC(=O)O)NC(=O)NCc1ccncc1. The van der Waals surface area contributed by atoms with Crippen molar-refractivity contribution in [2.75, 3.05) is 13.6 Å². The molecule has 0 aliphatic carbocycles. The van der Waals surface area contributed by atoms with E-state index >= 15 is 0 Å². The number of amides is 2. The number of hydrogen-bond acceptors (Lipinski definition) is 4. The minimum absolute atomic E-state index is 0.261. The summed E-state index contributed by atoms with van der Waals surface area (Å²) in [6, 6.07) is 3.10. The van der Waals surface area contributed by atoms with Crippen LogP contribution in [0, 0.1) is 0 Å². The molecule has 0 aliphatic heterocycles. The van der Waals surface area contributed by atoms with Crippen LogP contribution in [0.1, 0.15) is 5.56 Å². The number of carboxylic acid groups (broad SMARTS) is 1. The molecule has 7 nitrogen and oxygen atoms in total. The maximum absolute atomic E-state index is 11.3. The van der Waals surface area contributed by atoms with E-state index in [9.17, 15) is 9.59 Å². The Hall–Kier alpha value is -2.15. The summed E-state index contributed by atoms with van der Waals surface area (Å²) in [5.41, 5.74) is 3.28. The van der Waals surface area contributed by atoms with Gasteiger partial charge in [0.05, 0.1) is 0 Å². The van der Waals surface area contributed by atoms with Crippen LogP contribution in [0.3, 0.4) is 0 Å². The van der Waals surface area contributed by atoms with E-state index in [1.54, 1.807) is 24.5 Å². The van der Waals surface area contributed by atoms with E-state index in [0.717, 1.165) is 5.56 Å². The second kappa shape index (κ2) is 6.44. The van der Waals surface area contributed by atoms with Gasteiger partial charge in [-0.2, -0.15) is 0 Å². The lowest BCUT2D eigenvalue weighted by molar-refractivity contribution is -0.138. The molecule has 1 rings (SSSR count). The van der Waals surface area contributed by atoms with Crippen molar-refractivity contribution in [2.24, 2.45) is 0 Å². The van der Waals surface area contributed by atoms with Crippen LogP contribution < -0.4 is 10.7 Å². The van der Waals surface area contributed by atoms with E-state index in [1.807, 2.05) is 0 Å². The molecule has 0 spiro atoms. The number of hydrazine groups is 1. The first-order valence-electron chi connectivity index (χ1n) is 4.94. The molecular weight excluding hydrogens is 224 g/mol. The van der Waals surface area contributed by atoms with Crippen molar-refractivity contribution in [3.63, 3.8) is 0 Å². The van der Waals surface area contributed by atoms with Gasteiger partial charge in [-0.25, -0.2) is 9.80 Å². The van der Waals surface area contributed by atoms with Gasteiger partial charge in [-0.1, -0.05) is 0 Å². The van der Waals surface area contributed by atoms with Crippen molar-refractivity contribution in [2.45, 2.75) is 6.54 Å². The fraction of sp³-hybridized carbons (Fsp3) is 0.300. The lowest BCUT2D eigenvalue weighted by atomic mass is 10.3. The van der Waals surface area contributed by atoms with Crippen LogP contribution in [0.5, 0.6) is 0 Å². The third kappa shape index (κ3) is 5.47. The van der Waals surface area contributed by atoms with Gasteiger partial charge in [0.15, 0.2) is 0 Å². The molecule has 0 radical (unpaired) electrons. The molecule has 7 heteroatoms. The molecule has 0 bridgehead atoms. The summed E-state index contributed by atoms with van der Waals surface area (Å²) in [5, 5.41) is 12.3. The highest BCUT2D eigenvalue weighted by Crippen LogP contribution is 1.94. The summed E-state index contributed by atoms with van der Waals surface area (Å²) < 4.78 is 0. The van der Waals surface area contributed by atoms with Crippen molar-refractivity contribution in [1.82, 2.24) is 20.7 Å². The number of likely N-dealkylation sites (N-methyl/N-ethyl adjacent to an activating group) is 1. The Morgan fingerprint density at radius 3 is 2.65 bits per heavy atom. The Balaban J connectivity index is 2.28. The molecule has 0 aromatic carbocycles. The van der Waals surface area contributed by atoms with Crippen LogP contribution in [0.15, 0.2) is 24.5 Å². The molecule has 2 amide bonds. The number of urea groups is 1. The highest BCUT2D eigenvalue weighted by Gasteiger charge is 2.07. The van der Waals surface area contributed by atoms with Crippen molar-refractivity contribution in [1.29, 1.82) is 0 Å². The van der Waals surface area contributed by atoms with Gasteiger partial charge in [0.1, 0.15) is 6.54 Å². The molecule has 0 atom stereocenters. The standard InChI is InChI=1S/C10H14N4O3/c1-14(7-9(15)16)13-10(17)12-6-8-2-4-11-5-3-8/h2-5H,6-7H2,1H3,(H,15,16)(H2,12,13,17). The third-order valence-corrected chi connectivity index (χ3v) is 1.87. The number of carboxylic acids is 1. The maximum Gasteiger partial charge on any atom is 0.329 e. The van der Waals surface area contributed by atoms with Gasteiger partial charge in [0.2, 0.25) is 0 Å². The molecule has 0 saturated carbocycles. The molecular formula is C10H14N4O3. The molecule has 0 unspecified atom stereocenters. The Bertz CT molecular complexity index is 382. The summed E-state index contributed by atoms with van der Waals surface area (Å²) >= 11 is 0. The summed E-state index contributed by atoms with van der Waals surface area (Å²) in [5.74, 6) is -1.01. The molecule has 92 valence electrons. The van der Waals surface area contributed by atoms with Crippen molar-refractivity contribution in [3.8, 4) is 0 Å². The lowest BCUT2D eigenvalue weighted by Crippen LogP contribution is -2.46. The van der Waals surface area contributed by atoms with Gasteiger partial charge in [0.25, 0.3) is 0 Å². The number of pyridine rings is 1. The topological polar surface area (TPSA) is 94.6 Å². The monoisotopic (exact) mass is 238 g/mol. The van der Waals surface area contributed by atoms with E-state index in [2.05, 4.69) is 15.7 Å². The number of rotatable bonds is 5. The Morgan fingerprint density at radius 1 is 1.41 bits per heavy atom. The number of aliphatic carboxylic acids is 1. The highest BCUT2D eigenvalue weighted by molar-refractivity contribution is 5.74. The van der Waals surface area contributed by atoms with Gasteiger partial charge in [-0.3, -0.25) is 15.2 Å². The molecule has 0 aliphatic rings. The molecule has 0 fully saturated rings. The van der Waals surface area contributed by atoms with E-state index in [-0.39, 0.29) is 6.54 Å². The number of aromatic nitrogens is 1. The highest BCUT2D eigenvalue weighted by atomic mass is 16.4. The summed E-state index contributed by atoms with van der Waals surface area (Å²) in [6.07, 6.45) is 3.26. The van der Waals surface area contributed by atoms with E-state index in [4.69, 9.17) is 5.11 Å². The van der Waals surface area contributed by atoms with Crippen molar-refractivity contribution in [3.05, 3.63) is 30.1 Å². The number of carbonyl (C=O) groups excluding carboxylic acids is 1. The first-order chi connectivity index (χ1) is 8.08. The normalized spacial score (nSPS) is 10.0. The third-order valence-electron chi connectivity index (χ3n) is 1.87. The predicted molar refractivity (Wildman–Crippen MR) is 59.9 cm³/mol. The van der Waals surface area contributed by atoms with Crippen molar-refractivity contribution < 1.29 is 14.7 Å². The second-order valence-electron chi connectivity index (χ2n) is 3.40. The van der Waals surface area contributed by atoms with Gasteiger partial charge < -0.3 is 10.4 Å². The molecule has 1 aromatic rings. The summed E-state index contributed by atoms with van der Waals surface area (Å²) in [7, 11) is 1.47. The average Bonchev–Trinajstić information content (AvgIpc) is 2.26. The molecule has 0 saturated heterocycles. The fourth-order valence-corrected chi connectivity index (χ4v) is 1.14. The molecule has 1 aromatic heterocycles. The van der Waals surface area contributed by atoms with E-state index in [0.29, 0.717) is 6.54 Å². The van der Waals surface area contributed by atoms with Gasteiger partial charge in [-0.05, 0) is 17.7 Å². The Labute approximate surface area is 98.4 Å². The van der Waals surface area contributed by atoms with Crippen LogP contribution in [-0.2, 0) is 11.3 Å². The number of nitrogens with zero attached hydrogens (tertiary/aromatic N) is 2. The fourth-order valence-electron chi connectivity index (χ4n) is 1.14. The van der Waals surface area contributed by atoms with Crippen LogP contribution in [0.2, 0.25) is 0 Å². The van der Waals surface area contributed by atoms with Gasteiger partial charge >= 0.3 is 12.0 Å². The zero-order valence-corrected chi connectivity index (χ0v) is 9.38. The zero-order valence-electron chi connectivity index (χ0n) is 9.38. The maximum atomic E-state index is 11.3. The quantitative estimate of drug-likeness (QED) is 0.618. The zero-order chi connectivity index (χ0) is 12.7. The van der Waals surface area contributed by atoms with Crippen LogP contribution in [0.4, 0.5) is 4.79 Å². The molecule has 1 heterocycles. The van der Waals surface area contributed by atoms with Crippen LogP contribution >= 0.6 is 0 Å². The van der Waals surface area contributed by atoms with Gasteiger partial charge in [-0.15, -0.1) is 0 Å². The first-order valence-corrected chi connectivity index (χ1v) is 4.94. The number of hydrogen-bond donors (Lipinski definition) is 3. The van der Waals surface area contributed by atoms with Crippen molar-refractivity contribution >= 4 is 12.0 Å². The Morgan fingerprint density at radius 2 is 2.06 bits per heavy atom. The predicted octanol–water partition coefficient (Wildman–Crippen LogP) is -0.188. The van der Waals surface area contributed by atoms with Crippen LogP contribution in [-0.4, -0.2) is 40.7 Å².